The molecule has 0 spiro atoms. The van der Waals surface area contributed by atoms with Crippen molar-refractivity contribution in [3.05, 3.63) is 58.1 Å². The molecule has 0 heterocycles. The summed E-state index contributed by atoms with van der Waals surface area (Å²) in [6.45, 7) is 4.90. The third-order valence-electron chi connectivity index (χ3n) is 3.97. The second-order valence-corrected chi connectivity index (χ2v) is 8.70. The Balaban J connectivity index is 2.15. The van der Waals surface area contributed by atoms with Crippen LogP contribution in [-0.4, -0.2) is 32.7 Å². The van der Waals surface area contributed by atoms with E-state index in [9.17, 15) is 18.0 Å². The lowest BCUT2D eigenvalue weighted by molar-refractivity contribution is -0.123. The normalized spacial score (nSPS) is 12.3. The molecular weight excluding hydrogens is 390 g/mol. The molecule has 0 radical (unpaired) electrons. The molecule has 1 atom stereocenters. The fourth-order valence-corrected chi connectivity index (χ4v) is 3.11. The second kappa shape index (κ2) is 8.10. The standard InChI is InChI=1S/C19H20ClNO5S/c1-11-6-8-15(27(4,24)25)10-16(11)19(23)26-13(3)18(22)21-17-9-14(20)7-5-12(17)2/h5-10,13H,1-4H3,(H,21,22)/t13-/m1/s1. The summed E-state index contributed by atoms with van der Waals surface area (Å²) in [5.74, 6) is -1.30. The first kappa shape index (κ1) is 20.9. The van der Waals surface area contributed by atoms with E-state index in [0.717, 1.165) is 11.8 Å². The number of amides is 1. The number of hydrogen-bond donors (Lipinski definition) is 1. The quantitative estimate of drug-likeness (QED) is 0.763. The van der Waals surface area contributed by atoms with Crippen LogP contribution >= 0.6 is 11.6 Å². The molecular formula is C19H20ClNO5S. The zero-order chi connectivity index (χ0) is 20.4. The Bertz CT molecular complexity index is 1000. The number of anilines is 1. The highest BCUT2D eigenvalue weighted by Crippen LogP contribution is 2.21. The SMILES string of the molecule is Cc1ccc(Cl)cc1NC(=O)[C@@H](C)OC(=O)c1cc(S(C)(=O)=O)ccc1C. The molecule has 0 aliphatic heterocycles. The lowest BCUT2D eigenvalue weighted by Gasteiger charge is -2.16. The van der Waals surface area contributed by atoms with Gasteiger partial charge in [0, 0.05) is 17.0 Å². The number of benzene rings is 2. The number of ether oxygens (including phenoxy) is 1. The molecule has 0 bridgehead atoms. The van der Waals surface area contributed by atoms with E-state index in [0.29, 0.717) is 16.3 Å². The van der Waals surface area contributed by atoms with Crippen LogP contribution in [0.5, 0.6) is 0 Å². The number of carbonyl (C=O) groups is 2. The van der Waals surface area contributed by atoms with Crippen molar-refractivity contribution in [2.45, 2.75) is 31.8 Å². The molecule has 2 rings (SSSR count). The van der Waals surface area contributed by atoms with E-state index in [1.807, 2.05) is 6.92 Å². The van der Waals surface area contributed by atoms with Crippen LogP contribution in [0.3, 0.4) is 0 Å². The largest absolute Gasteiger partial charge is 0.449 e. The Hall–Kier alpha value is -2.38. The van der Waals surface area contributed by atoms with Crippen molar-refractivity contribution in [2.24, 2.45) is 0 Å². The average molecular weight is 410 g/mol. The maximum atomic E-state index is 12.4. The van der Waals surface area contributed by atoms with E-state index in [-0.39, 0.29) is 10.5 Å². The van der Waals surface area contributed by atoms with Crippen LogP contribution in [0.15, 0.2) is 41.3 Å². The zero-order valence-electron chi connectivity index (χ0n) is 15.4. The van der Waals surface area contributed by atoms with Crippen LogP contribution < -0.4 is 5.32 Å². The van der Waals surface area contributed by atoms with E-state index < -0.39 is 27.8 Å². The molecule has 2 aromatic carbocycles. The molecule has 0 aliphatic carbocycles. The number of carbonyl (C=O) groups excluding carboxylic acids is 2. The average Bonchev–Trinajstić information content (AvgIpc) is 2.57. The van der Waals surface area contributed by atoms with Crippen molar-refractivity contribution < 1.29 is 22.7 Å². The summed E-state index contributed by atoms with van der Waals surface area (Å²) in [6.07, 6.45) is -0.0342. The van der Waals surface area contributed by atoms with Crippen LogP contribution in [0.1, 0.15) is 28.4 Å². The minimum atomic E-state index is -3.47. The van der Waals surface area contributed by atoms with Gasteiger partial charge in [0.1, 0.15) is 0 Å². The molecule has 1 N–H and O–H groups in total. The zero-order valence-corrected chi connectivity index (χ0v) is 16.9. The van der Waals surface area contributed by atoms with Crippen molar-refractivity contribution in [1.29, 1.82) is 0 Å². The summed E-state index contributed by atoms with van der Waals surface area (Å²) in [6, 6.07) is 9.25. The Kier molecular flexibility index (Phi) is 6.28. The Morgan fingerprint density at radius 1 is 1.07 bits per heavy atom. The molecule has 0 unspecified atom stereocenters. The molecule has 0 saturated heterocycles. The van der Waals surface area contributed by atoms with Gasteiger partial charge in [0.15, 0.2) is 15.9 Å². The number of halogens is 1. The van der Waals surface area contributed by atoms with Gasteiger partial charge in [-0.05, 0) is 56.2 Å². The van der Waals surface area contributed by atoms with E-state index in [1.165, 1.54) is 25.1 Å². The minimum Gasteiger partial charge on any atom is -0.449 e. The Labute approximate surface area is 163 Å². The molecule has 0 aliphatic rings. The van der Waals surface area contributed by atoms with Gasteiger partial charge in [0.2, 0.25) is 0 Å². The van der Waals surface area contributed by atoms with Crippen molar-refractivity contribution in [3.63, 3.8) is 0 Å². The van der Waals surface area contributed by atoms with Crippen LogP contribution in [0.25, 0.3) is 0 Å². The number of hydrogen-bond acceptors (Lipinski definition) is 5. The van der Waals surface area contributed by atoms with Gasteiger partial charge in [0.05, 0.1) is 10.5 Å². The minimum absolute atomic E-state index is 0.00621. The molecule has 1 amide bonds. The second-order valence-electron chi connectivity index (χ2n) is 6.24. The van der Waals surface area contributed by atoms with Crippen LogP contribution in [0, 0.1) is 13.8 Å². The highest BCUT2D eigenvalue weighted by atomic mass is 35.5. The predicted molar refractivity (Wildman–Crippen MR) is 104 cm³/mol. The van der Waals surface area contributed by atoms with Crippen LogP contribution in [0.4, 0.5) is 5.69 Å². The van der Waals surface area contributed by atoms with E-state index in [4.69, 9.17) is 16.3 Å². The van der Waals surface area contributed by atoms with Gasteiger partial charge in [-0.2, -0.15) is 0 Å². The first-order valence-corrected chi connectivity index (χ1v) is 10.3. The van der Waals surface area contributed by atoms with Gasteiger partial charge in [-0.15, -0.1) is 0 Å². The molecule has 0 fully saturated rings. The van der Waals surface area contributed by atoms with Gasteiger partial charge in [-0.3, -0.25) is 4.79 Å². The third kappa shape index (κ3) is 5.30. The Morgan fingerprint density at radius 3 is 2.33 bits per heavy atom. The molecule has 27 heavy (non-hydrogen) atoms. The fourth-order valence-electron chi connectivity index (χ4n) is 2.29. The number of sulfone groups is 1. The van der Waals surface area contributed by atoms with Gasteiger partial charge in [-0.25, -0.2) is 13.2 Å². The van der Waals surface area contributed by atoms with Gasteiger partial charge >= 0.3 is 5.97 Å². The monoisotopic (exact) mass is 409 g/mol. The molecule has 0 saturated carbocycles. The van der Waals surface area contributed by atoms with Crippen molar-refractivity contribution in [1.82, 2.24) is 0 Å². The highest BCUT2D eigenvalue weighted by Gasteiger charge is 2.22. The maximum Gasteiger partial charge on any atom is 0.339 e. The lowest BCUT2D eigenvalue weighted by Crippen LogP contribution is -2.30. The van der Waals surface area contributed by atoms with Crippen LogP contribution in [0.2, 0.25) is 5.02 Å². The number of rotatable bonds is 5. The lowest BCUT2D eigenvalue weighted by atomic mass is 10.1. The number of esters is 1. The maximum absolute atomic E-state index is 12.4. The van der Waals surface area contributed by atoms with Crippen molar-refractivity contribution in [2.75, 3.05) is 11.6 Å². The van der Waals surface area contributed by atoms with E-state index in [2.05, 4.69) is 5.32 Å². The smallest absolute Gasteiger partial charge is 0.339 e. The summed E-state index contributed by atoms with van der Waals surface area (Å²) in [7, 11) is -3.47. The summed E-state index contributed by atoms with van der Waals surface area (Å²) < 4.78 is 28.6. The molecule has 0 aromatic heterocycles. The van der Waals surface area contributed by atoms with Crippen molar-refractivity contribution >= 4 is 39.0 Å². The molecule has 8 heteroatoms. The van der Waals surface area contributed by atoms with Crippen molar-refractivity contribution in [3.8, 4) is 0 Å². The molecule has 144 valence electrons. The summed E-state index contributed by atoms with van der Waals surface area (Å²) in [4.78, 5) is 24.7. The summed E-state index contributed by atoms with van der Waals surface area (Å²) in [5, 5.41) is 3.13. The van der Waals surface area contributed by atoms with Gasteiger partial charge in [0.25, 0.3) is 5.91 Å². The van der Waals surface area contributed by atoms with E-state index >= 15 is 0 Å². The molecule has 2 aromatic rings. The van der Waals surface area contributed by atoms with Crippen LogP contribution in [-0.2, 0) is 19.4 Å². The fraction of sp³-hybridized carbons (Fsp3) is 0.263. The first-order valence-electron chi connectivity index (χ1n) is 8.07. The van der Waals surface area contributed by atoms with Gasteiger partial charge in [-0.1, -0.05) is 23.7 Å². The Morgan fingerprint density at radius 2 is 1.70 bits per heavy atom. The summed E-state index contributed by atoms with van der Waals surface area (Å²) >= 11 is 5.93. The first-order chi connectivity index (χ1) is 12.5. The predicted octanol–water partition coefficient (Wildman–Crippen LogP) is 3.54. The topological polar surface area (TPSA) is 89.5 Å². The molecule has 6 nitrogen and oxygen atoms in total. The third-order valence-corrected chi connectivity index (χ3v) is 5.31. The number of aryl methyl sites for hydroxylation is 2. The summed E-state index contributed by atoms with van der Waals surface area (Å²) in [5.41, 5.74) is 1.97. The van der Waals surface area contributed by atoms with Gasteiger partial charge < -0.3 is 10.1 Å². The highest BCUT2D eigenvalue weighted by molar-refractivity contribution is 7.90. The number of nitrogens with one attached hydrogen (secondary N) is 1. The van der Waals surface area contributed by atoms with E-state index in [1.54, 1.807) is 25.1 Å².